The Morgan fingerprint density at radius 3 is 2.71 bits per heavy atom. The van der Waals surface area contributed by atoms with Crippen LogP contribution >= 0.6 is 27.5 Å². The summed E-state index contributed by atoms with van der Waals surface area (Å²) in [5.74, 6) is 0.996. The Kier molecular flexibility index (Phi) is 6.45. The Bertz CT molecular complexity index is 777. The number of nitrogens with zero attached hydrogens (tertiary/aromatic N) is 2. The van der Waals surface area contributed by atoms with Crippen LogP contribution in [-0.2, 0) is 6.61 Å². The molecule has 0 heterocycles. The van der Waals surface area contributed by atoms with Crippen LogP contribution in [0.15, 0.2) is 51.1 Å². The van der Waals surface area contributed by atoms with Gasteiger partial charge in [0.05, 0.1) is 17.8 Å². The summed E-state index contributed by atoms with van der Waals surface area (Å²) < 4.78 is 11.9. The normalized spacial score (nSPS) is 10.6. The standard InChI is InChI=1S/C16H16BrClN4O2/c1-23-14-7-10(8-21-22-16(19)20)6-12(17)15(14)24-9-11-4-2-3-5-13(11)18/h2-8H,9H2,1H3,(H4,19,20,22)/b21-8+. The van der Waals surface area contributed by atoms with Crippen LogP contribution in [0.4, 0.5) is 0 Å². The number of guanidine groups is 1. The minimum absolute atomic E-state index is 0.114. The molecule has 0 bridgehead atoms. The first-order valence-electron chi connectivity index (χ1n) is 6.87. The number of hydrogen-bond acceptors (Lipinski definition) is 4. The maximum atomic E-state index is 6.14. The van der Waals surface area contributed by atoms with E-state index in [9.17, 15) is 0 Å². The summed E-state index contributed by atoms with van der Waals surface area (Å²) >= 11 is 9.61. The van der Waals surface area contributed by atoms with Crippen LogP contribution in [-0.4, -0.2) is 19.3 Å². The van der Waals surface area contributed by atoms with Crippen molar-refractivity contribution >= 4 is 39.7 Å². The van der Waals surface area contributed by atoms with E-state index < -0.39 is 0 Å². The minimum atomic E-state index is -0.114. The second-order valence-corrected chi connectivity index (χ2v) is 5.95. The van der Waals surface area contributed by atoms with Crippen LogP contribution in [0.25, 0.3) is 0 Å². The molecule has 4 N–H and O–H groups in total. The molecule has 0 radical (unpaired) electrons. The van der Waals surface area contributed by atoms with E-state index in [-0.39, 0.29) is 5.96 Å². The topological polar surface area (TPSA) is 95.2 Å². The summed E-state index contributed by atoms with van der Waals surface area (Å²) in [7, 11) is 1.56. The first-order valence-corrected chi connectivity index (χ1v) is 8.04. The molecule has 0 spiro atoms. The number of benzene rings is 2. The van der Waals surface area contributed by atoms with Crippen molar-refractivity contribution in [1.29, 1.82) is 0 Å². The molecule has 0 amide bonds. The molecule has 0 atom stereocenters. The lowest BCUT2D eigenvalue weighted by Gasteiger charge is -2.14. The fourth-order valence-corrected chi connectivity index (χ4v) is 2.65. The van der Waals surface area contributed by atoms with Gasteiger partial charge in [-0.3, -0.25) is 0 Å². The highest BCUT2D eigenvalue weighted by Crippen LogP contribution is 2.37. The summed E-state index contributed by atoms with van der Waals surface area (Å²) in [6.07, 6.45) is 1.50. The van der Waals surface area contributed by atoms with Gasteiger partial charge in [0.25, 0.3) is 0 Å². The molecular formula is C16H16BrClN4O2. The van der Waals surface area contributed by atoms with Gasteiger partial charge in [0, 0.05) is 10.6 Å². The van der Waals surface area contributed by atoms with Gasteiger partial charge < -0.3 is 20.9 Å². The molecule has 126 valence electrons. The van der Waals surface area contributed by atoms with Gasteiger partial charge in [0.2, 0.25) is 5.96 Å². The summed E-state index contributed by atoms with van der Waals surface area (Å²) in [5, 5.41) is 7.97. The van der Waals surface area contributed by atoms with Crippen LogP contribution in [0.3, 0.4) is 0 Å². The van der Waals surface area contributed by atoms with Gasteiger partial charge in [-0.05, 0) is 39.7 Å². The van der Waals surface area contributed by atoms with Crippen LogP contribution in [0.2, 0.25) is 5.02 Å². The Morgan fingerprint density at radius 1 is 1.29 bits per heavy atom. The number of ether oxygens (including phenoxy) is 2. The molecule has 0 saturated heterocycles. The van der Waals surface area contributed by atoms with Crippen molar-refractivity contribution in [2.75, 3.05) is 7.11 Å². The second-order valence-electron chi connectivity index (χ2n) is 4.68. The molecule has 2 aromatic carbocycles. The van der Waals surface area contributed by atoms with E-state index >= 15 is 0 Å². The monoisotopic (exact) mass is 410 g/mol. The smallest absolute Gasteiger partial charge is 0.211 e. The van der Waals surface area contributed by atoms with Crippen molar-refractivity contribution in [3.63, 3.8) is 0 Å². The van der Waals surface area contributed by atoms with Gasteiger partial charge >= 0.3 is 0 Å². The predicted molar refractivity (Wildman–Crippen MR) is 99.9 cm³/mol. The van der Waals surface area contributed by atoms with E-state index in [1.54, 1.807) is 13.2 Å². The van der Waals surface area contributed by atoms with Crippen molar-refractivity contribution in [2.45, 2.75) is 6.61 Å². The molecule has 0 aliphatic rings. The summed E-state index contributed by atoms with van der Waals surface area (Å²) in [6, 6.07) is 11.1. The van der Waals surface area contributed by atoms with Crippen molar-refractivity contribution in [3.05, 3.63) is 57.0 Å². The third-order valence-electron chi connectivity index (χ3n) is 2.96. The van der Waals surface area contributed by atoms with Crippen LogP contribution in [0, 0.1) is 0 Å². The zero-order chi connectivity index (χ0) is 17.5. The van der Waals surface area contributed by atoms with E-state index in [1.165, 1.54) is 6.21 Å². The van der Waals surface area contributed by atoms with Gasteiger partial charge in [-0.25, -0.2) is 0 Å². The van der Waals surface area contributed by atoms with E-state index in [1.807, 2.05) is 30.3 Å². The van der Waals surface area contributed by atoms with Gasteiger partial charge in [-0.1, -0.05) is 29.8 Å². The molecule has 6 nitrogen and oxygen atoms in total. The lowest BCUT2D eigenvalue weighted by atomic mass is 10.2. The van der Waals surface area contributed by atoms with Crippen LogP contribution < -0.4 is 20.9 Å². The number of nitrogens with two attached hydrogens (primary N) is 2. The number of hydrogen-bond donors (Lipinski definition) is 2. The zero-order valence-corrected chi connectivity index (χ0v) is 15.2. The summed E-state index contributed by atoms with van der Waals surface area (Å²) in [5.41, 5.74) is 12.1. The Morgan fingerprint density at radius 2 is 2.04 bits per heavy atom. The van der Waals surface area contributed by atoms with Crippen molar-refractivity contribution in [3.8, 4) is 11.5 Å². The summed E-state index contributed by atoms with van der Waals surface area (Å²) in [4.78, 5) is 0. The quantitative estimate of drug-likeness (QED) is 0.433. The number of methoxy groups -OCH3 is 1. The second kappa shape index (κ2) is 8.56. The average molecular weight is 412 g/mol. The molecule has 24 heavy (non-hydrogen) atoms. The Hall–Kier alpha value is -2.25. The van der Waals surface area contributed by atoms with Gasteiger partial charge in [0.1, 0.15) is 6.61 Å². The largest absolute Gasteiger partial charge is 0.493 e. The molecule has 0 saturated carbocycles. The van der Waals surface area contributed by atoms with E-state index in [0.717, 1.165) is 11.1 Å². The highest BCUT2D eigenvalue weighted by molar-refractivity contribution is 9.10. The third-order valence-corrected chi connectivity index (χ3v) is 3.92. The van der Waals surface area contributed by atoms with Crippen molar-refractivity contribution in [1.82, 2.24) is 0 Å². The lowest BCUT2D eigenvalue weighted by molar-refractivity contribution is 0.282. The molecular weight excluding hydrogens is 396 g/mol. The highest BCUT2D eigenvalue weighted by atomic mass is 79.9. The molecule has 0 aromatic heterocycles. The predicted octanol–water partition coefficient (Wildman–Crippen LogP) is 3.30. The molecule has 0 aliphatic carbocycles. The number of rotatable bonds is 6. The highest BCUT2D eigenvalue weighted by Gasteiger charge is 2.12. The molecule has 0 fully saturated rings. The zero-order valence-electron chi connectivity index (χ0n) is 12.9. The molecule has 2 rings (SSSR count). The molecule has 2 aromatic rings. The first-order chi connectivity index (χ1) is 11.5. The van der Waals surface area contributed by atoms with Crippen molar-refractivity contribution in [2.24, 2.45) is 21.7 Å². The average Bonchev–Trinajstić information content (AvgIpc) is 2.54. The van der Waals surface area contributed by atoms with Crippen LogP contribution in [0.1, 0.15) is 11.1 Å². The third kappa shape index (κ3) is 4.87. The van der Waals surface area contributed by atoms with E-state index in [2.05, 4.69) is 26.1 Å². The molecule has 0 aliphatic heterocycles. The SMILES string of the molecule is COc1cc(/C=N/N=C(N)N)cc(Br)c1OCc1ccccc1Cl. The van der Waals surface area contributed by atoms with Gasteiger partial charge in [-0.2, -0.15) is 5.10 Å². The lowest BCUT2D eigenvalue weighted by Crippen LogP contribution is -2.21. The van der Waals surface area contributed by atoms with Gasteiger partial charge in [-0.15, -0.1) is 5.10 Å². The van der Waals surface area contributed by atoms with Gasteiger partial charge in [0.15, 0.2) is 11.5 Å². The summed E-state index contributed by atoms with van der Waals surface area (Å²) in [6.45, 7) is 0.316. The number of halogens is 2. The molecule has 8 heteroatoms. The fraction of sp³-hybridized carbons (Fsp3) is 0.125. The maximum Gasteiger partial charge on any atom is 0.211 e. The minimum Gasteiger partial charge on any atom is -0.493 e. The fourth-order valence-electron chi connectivity index (χ4n) is 1.88. The van der Waals surface area contributed by atoms with Crippen LogP contribution in [0.5, 0.6) is 11.5 Å². The molecule has 0 unspecified atom stereocenters. The maximum absolute atomic E-state index is 6.14. The Labute approximate surface area is 153 Å². The van der Waals surface area contributed by atoms with E-state index in [4.69, 9.17) is 32.5 Å². The Balaban J connectivity index is 2.22. The first kappa shape index (κ1) is 18.1. The van der Waals surface area contributed by atoms with Crippen molar-refractivity contribution < 1.29 is 9.47 Å². The van der Waals surface area contributed by atoms with E-state index in [0.29, 0.717) is 27.6 Å².